The molecule has 3 heterocycles. The van der Waals surface area contributed by atoms with Crippen LogP contribution in [0.25, 0.3) is 11.2 Å². The van der Waals surface area contributed by atoms with Crippen molar-refractivity contribution in [3.8, 4) is 5.75 Å². The predicted octanol–water partition coefficient (Wildman–Crippen LogP) is 1.43. The molecule has 5 N–H and O–H groups in total. The number of aliphatic hydroxyl groups is 1. The molecule has 174 valence electrons. The quantitative estimate of drug-likeness (QED) is 0.411. The van der Waals surface area contributed by atoms with Crippen LogP contribution in [0.15, 0.2) is 36.9 Å². The minimum absolute atomic E-state index is 0.256. The summed E-state index contributed by atoms with van der Waals surface area (Å²) in [6, 6.07) is 6.83. The van der Waals surface area contributed by atoms with Crippen molar-refractivity contribution in [2.75, 3.05) is 5.32 Å². The van der Waals surface area contributed by atoms with Crippen LogP contribution >= 0.6 is 0 Å². The molecular weight excluding hydrogens is 428 g/mol. The fourth-order valence-corrected chi connectivity index (χ4v) is 4.44. The van der Waals surface area contributed by atoms with Crippen molar-refractivity contribution in [3.05, 3.63) is 42.5 Å². The van der Waals surface area contributed by atoms with Gasteiger partial charge >= 0.3 is 5.97 Å². The Labute approximate surface area is 189 Å². The zero-order valence-electron chi connectivity index (χ0n) is 17.9. The van der Waals surface area contributed by atoms with E-state index in [9.17, 15) is 15.0 Å². The van der Waals surface area contributed by atoms with E-state index in [-0.39, 0.29) is 6.10 Å². The third-order valence-corrected chi connectivity index (χ3v) is 6.21. The number of aromatic nitrogens is 4. The third kappa shape index (κ3) is 4.10. The smallest absolute Gasteiger partial charge is 0.334 e. The van der Waals surface area contributed by atoms with E-state index in [1.807, 2.05) is 24.3 Å². The van der Waals surface area contributed by atoms with Crippen molar-refractivity contribution in [1.82, 2.24) is 19.5 Å². The molecule has 0 bridgehead atoms. The molecule has 0 radical (unpaired) electrons. The summed E-state index contributed by atoms with van der Waals surface area (Å²) in [6.07, 6.45) is 4.05. The van der Waals surface area contributed by atoms with Crippen molar-refractivity contribution >= 4 is 23.0 Å². The Morgan fingerprint density at radius 1 is 1.24 bits per heavy atom. The average Bonchev–Trinajstić information content (AvgIpc) is 3.54. The number of nitrogens with zero attached hydrogens (tertiary/aromatic N) is 4. The average molecular weight is 454 g/mol. The molecule has 3 aromatic rings. The maximum absolute atomic E-state index is 11.4. The lowest BCUT2D eigenvalue weighted by Crippen LogP contribution is -2.43. The van der Waals surface area contributed by atoms with Crippen molar-refractivity contribution in [1.29, 1.82) is 0 Å². The first-order valence-electron chi connectivity index (χ1n) is 11.0. The molecule has 1 aliphatic heterocycles. The number of hydrogen-bond donors (Lipinski definition) is 4. The lowest BCUT2D eigenvalue weighted by molar-refractivity contribution is -0.152. The molecule has 11 nitrogen and oxygen atoms in total. The molecule has 2 aromatic heterocycles. The van der Waals surface area contributed by atoms with Crippen LogP contribution in [0, 0.1) is 0 Å². The first-order chi connectivity index (χ1) is 16.0. The first kappa shape index (κ1) is 21.6. The highest BCUT2D eigenvalue weighted by molar-refractivity contribution is 5.82. The fourth-order valence-electron chi connectivity index (χ4n) is 4.44. The number of nitrogens with one attached hydrogen (secondary N) is 1. The molecule has 1 aliphatic carbocycles. The Morgan fingerprint density at radius 2 is 2.03 bits per heavy atom. The number of benzene rings is 1. The van der Waals surface area contributed by atoms with Crippen LogP contribution in [0.3, 0.4) is 0 Å². The number of nitrogens with two attached hydrogens (primary N) is 1. The lowest BCUT2D eigenvalue weighted by Gasteiger charge is -2.17. The molecule has 5 rings (SSSR count). The van der Waals surface area contributed by atoms with Crippen LogP contribution in [0.4, 0.5) is 5.82 Å². The SMILES string of the molecule is N[C@H]1[C@@H](O)[C@H](n2cnc3c(NCc4ccccc4OC4CCCC4)ncnc32)O[C@@H]1C(=O)O. The molecular formula is C22H26N6O5. The van der Waals surface area contributed by atoms with Gasteiger partial charge in [-0.15, -0.1) is 0 Å². The van der Waals surface area contributed by atoms with Gasteiger partial charge in [0.1, 0.15) is 18.2 Å². The monoisotopic (exact) mass is 454 g/mol. The van der Waals surface area contributed by atoms with Crippen LogP contribution in [0.5, 0.6) is 5.75 Å². The Balaban J connectivity index is 1.36. The van der Waals surface area contributed by atoms with Crippen molar-refractivity contribution < 1.29 is 24.5 Å². The van der Waals surface area contributed by atoms with Crippen LogP contribution in [-0.4, -0.2) is 60.1 Å². The lowest BCUT2D eigenvalue weighted by atomic mass is 10.1. The van der Waals surface area contributed by atoms with E-state index in [1.165, 1.54) is 30.1 Å². The number of para-hydroxylation sites is 1. The molecule has 0 unspecified atom stereocenters. The number of fused-ring (bicyclic) bond motifs is 1. The summed E-state index contributed by atoms with van der Waals surface area (Å²) in [6.45, 7) is 0.469. The van der Waals surface area contributed by atoms with Gasteiger partial charge in [-0.3, -0.25) is 4.57 Å². The van der Waals surface area contributed by atoms with E-state index in [0.29, 0.717) is 23.5 Å². The molecule has 33 heavy (non-hydrogen) atoms. The zero-order chi connectivity index (χ0) is 22.9. The van der Waals surface area contributed by atoms with E-state index in [2.05, 4.69) is 20.3 Å². The van der Waals surface area contributed by atoms with E-state index in [1.54, 1.807) is 0 Å². The third-order valence-electron chi connectivity index (χ3n) is 6.21. The summed E-state index contributed by atoms with van der Waals surface area (Å²) in [4.78, 5) is 24.3. The maximum Gasteiger partial charge on any atom is 0.334 e. The normalized spacial score (nSPS) is 25.5. The number of carboxylic acids is 1. The summed E-state index contributed by atoms with van der Waals surface area (Å²) < 4.78 is 13.2. The standard InChI is InChI=1S/C22H26N6O5/c23-15-17(29)21(33-18(15)22(30)31)28-11-27-16-19(25-10-26-20(16)28)24-9-12-5-1-4-8-14(12)32-13-6-2-3-7-13/h1,4-5,8,10-11,13,15,17-18,21,29H,2-3,6-7,9,23H2,(H,30,31)(H,24,25,26)/t15-,17+,18-,21+/m0/s1. The summed E-state index contributed by atoms with van der Waals surface area (Å²) in [7, 11) is 0. The fraction of sp³-hybridized carbons (Fsp3) is 0.455. The molecule has 0 spiro atoms. The Morgan fingerprint density at radius 3 is 2.79 bits per heavy atom. The summed E-state index contributed by atoms with van der Waals surface area (Å²) in [5, 5.41) is 23.0. The highest BCUT2D eigenvalue weighted by Crippen LogP contribution is 2.32. The van der Waals surface area contributed by atoms with Gasteiger partial charge in [-0.1, -0.05) is 18.2 Å². The Bertz CT molecular complexity index is 1150. The highest BCUT2D eigenvalue weighted by Gasteiger charge is 2.46. The number of carboxylic acid groups (broad SMARTS) is 1. The Hall–Kier alpha value is -3.28. The van der Waals surface area contributed by atoms with Gasteiger partial charge in [-0.05, 0) is 31.7 Å². The number of hydrogen-bond acceptors (Lipinski definition) is 9. The number of aliphatic carboxylic acids is 1. The zero-order valence-corrected chi connectivity index (χ0v) is 17.9. The number of ether oxygens (including phenoxy) is 2. The molecule has 4 atom stereocenters. The summed E-state index contributed by atoms with van der Waals surface area (Å²) >= 11 is 0. The van der Waals surface area contributed by atoms with Gasteiger partial charge < -0.3 is 30.7 Å². The van der Waals surface area contributed by atoms with Gasteiger partial charge in [0.05, 0.1) is 18.5 Å². The number of anilines is 1. The van der Waals surface area contributed by atoms with Gasteiger partial charge in [-0.2, -0.15) is 0 Å². The molecule has 0 amide bonds. The Kier molecular flexibility index (Phi) is 5.83. The predicted molar refractivity (Wildman–Crippen MR) is 118 cm³/mol. The van der Waals surface area contributed by atoms with E-state index < -0.39 is 30.4 Å². The highest BCUT2D eigenvalue weighted by atomic mass is 16.6. The number of aliphatic hydroxyl groups excluding tert-OH is 1. The van der Waals surface area contributed by atoms with Crippen molar-refractivity contribution in [2.45, 2.75) is 62.8 Å². The molecule has 11 heteroatoms. The minimum Gasteiger partial charge on any atom is -0.490 e. The number of rotatable bonds is 7. The summed E-state index contributed by atoms with van der Waals surface area (Å²) in [5.74, 6) is 0.119. The van der Waals surface area contributed by atoms with Crippen LogP contribution in [0.1, 0.15) is 37.5 Å². The second kappa shape index (κ2) is 8.93. The van der Waals surface area contributed by atoms with Gasteiger partial charge in [0, 0.05) is 12.1 Å². The molecule has 2 fully saturated rings. The van der Waals surface area contributed by atoms with E-state index in [4.69, 9.17) is 15.2 Å². The molecule has 1 saturated heterocycles. The first-order valence-corrected chi connectivity index (χ1v) is 11.0. The number of carbonyl (C=O) groups is 1. The molecule has 2 aliphatic rings. The maximum atomic E-state index is 11.4. The molecule has 1 aromatic carbocycles. The summed E-state index contributed by atoms with van der Waals surface area (Å²) in [5.41, 5.74) is 7.69. The minimum atomic E-state index is -1.32. The van der Waals surface area contributed by atoms with Crippen molar-refractivity contribution in [2.24, 2.45) is 5.73 Å². The second-order valence-corrected chi connectivity index (χ2v) is 8.39. The van der Waals surface area contributed by atoms with Gasteiger partial charge in [0.15, 0.2) is 29.3 Å². The van der Waals surface area contributed by atoms with Crippen LogP contribution in [0.2, 0.25) is 0 Å². The van der Waals surface area contributed by atoms with E-state index in [0.717, 1.165) is 24.2 Å². The van der Waals surface area contributed by atoms with Crippen LogP contribution < -0.4 is 15.8 Å². The number of imidazole rings is 1. The van der Waals surface area contributed by atoms with Crippen molar-refractivity contribution in [3.63, 3.8) is 0 Å². The second-order valence-electron chi connectivity index (χ2n) is 8.39. The van der Waals surface area contributed by atoms with Gasteiger partial charge in [0.2, 0.25) is 0 Å². The van der Waals surface area contributed by atoms with Gasteiger partial charge in [-0.25, -0.2) is 19.7 Å². The topological polar surface area (TPSA) is 158 Å². The largest absolute Gasteiger partial charge is 0.490 e. The van der Waals surface area contributed by atoms with E-state index >= 15 is 0 Å². The van der Waals surface area contributed by atoms with Crippen LogP contribution in [-0.2, 0) is 16.1 Å². The van der Waals surface area contributed by atoms with Gasteiger partial charge in [0.25, 0.3) is 0 Å². The molecule has 1 saturated carbocycles.